The minimum atomic E-state index is -0.387. The molecule has 0 bridgehead atoms. The Hall–Kier alpha value is -2.33. The SMILES string of the molecule is COC(=O)c1cc(OCCN)cc(-c2cccc(C)c2)c1. The molecule has 4 nitrogen and oxygen atoms in total. The van der Waals surface area contributed by atoms with Gasteiger partial charge in [-0.15, -0.1) is 0 Å². The number of benzene rings is 2. The second kappa shape index (κ2) is 6.90. The molecule has 0 fully saturated rings. The highest BCUT2D eigenvalue weighted by Crippen LogP contribution is 2.27. The van der Waals surface area contributed by atoms with Crippen molar-refractivity contribution in [3.8, 4) is 16.9 Å². The Morgan fingerprint density at radius 1 is 1.14 bits per heavy atom. The van der Waals surface area contributed by atoms with Crippen molar-refractivity contribution >= 4 is 5.97 Å². The molecule has 0 spiro atoms. The zero-order chi connectivity index (χ0) is 15.2. The van der Waals surface area contributed by atoms with Crippen LogP contribution in [0, 0.1) is 6.92 Å². The number of ether oxygens (including phenoxy) is 2. The van der Waals surface area contributed by atoms with Gasteiger partial charge in [0.2, 0.25) is 0 Å². The van der Waals surface area contributed by atoms with Crippen LogP contribution >= 0.6 is 0 Å². The van der Waals surface area contributed by atoms with Crippen LogP contribution < -0.4 is 10.5 Å². The van der Waals surface area contributed by atoms with Crippen LogP contribution in [0.1, 0.15) is 15.9 Å². The van der Waals surface area contributed by atoms with E-state index >= 15 is 0 Å². The lowest BCUT2D eigenvalue weighted by atomic mass is 10.0. The van der Waals surface area contributed by atoms with Crippen LogP contribution in [0.15, 0.2) is 42.5 Å². The average Bonchev–Trinajstić information content (AvgIpc) is 2.51. The largest absolute Gasteiger partial charge is 0.492 e. The molecular formula is C17H19NO3. The maximum atomic E-state index is 11.8. The Kier molecular flexibility index (Phi) is 4.95. The summed E-state index contributed by atoms with van der Waals surface area (Å²) >= 11 is 0. The molecule has 0 atom stereocenters. The number of carbonyl (C=O) groups is 1. The van der Waals surface area contributed by atoms with Gasteiger partial charge in [0.15, 0.2) is 0 Å². The van der Waals surface area contributed by atoms with E-state index in [1.807, 2.05) is 31.2 Å². The second-order valence-electron chi connectivity index (χ2n) is 4.74. The second-order valence-corrected chi connectivity index (χ2v) is 4.74. The summed E-state index contributed by atoms with van der Waals surface area (Å²) in [5.74, 6) is 0.224. The molecule has 21 heavy (non-hydrogen) atoms. The Balaban J connectivity index is 2.46. The van der Waals surface area contributed by atoms with Gasteiger partial charge >= 0.3 is 5.97 Å². The molecule has 0 radical (unpaired) electrons. The first kappa shape index (κ1) is 15.1. The van der Waals surface area contributed by atoms with Gasteiger partial charge in [0.25, 0.3) is 0 Å². The topological polar surface area (TPSA) is 61.5 Å². The fourth-order valence-corrected chi connectivity index (χ4v) is 2.09. The molecule has 0 aliphatic carbocycles. The molecule has 0 aromatic heterocycles. The Bertz CT molecular complexity index is 638. The van der Waals surface area contributed by atoms with Crippen molar-refractivity contribution < 1.29 is 14.3 Å². The maximum Gasteiger partial charge on any atom is 0.338 e. The lowest BCUT2D eigenvalue weighted by Crippen LogP contribution is -2.11. The first-order chi connectivity index (χ1) is 10.1. The molecule has 4 heteroatoms. The molecule has 2 aromatic carbocycles. The van der Waals surface area contributed by atoms with Gasteiger partial charge in [-0.1, -0.05) is 29.8 Å². The lowest BCUT2D eigenvalue weighted by molar-refractivity contribution is 0.0600. The Morgan fingerprint density at radius 3 is 2.62 bits per heavy atom. The van der Waals surface area contributed by atoms with Crippen molar-refractivity contribution in [2.75, 3.05) is 20.3 Å². The zero-order valence-electron chi connectivity index (χ0n) is 12.3. The van der Waals surface area contributed by atoms with Gasteiger partial charge in [0.1, 0.15) is 12.4 Å². The van der Waals surface area contributed by atoms with Crippen molar-refractivity contribution in [2.45, 2.75) is 6.92 Å². The van der Waals surface area contributed by atoms with Gasteiger partial charge in [-0.25, -0.2) is 4.79 Å². The van der Waals surface area contributed by atoms with Crippen LogP contribution in [0.3, 0.4) is 0 Å². The van der Waals surface area contributed by atoms with Crippen molar-refractivity contribution in [3.63, 3.8) is 0 Å². The molecule has 0 saturated heterocycles. The summed E-state index contributed by atoms with van der Waals surface area (Å²) in [4.78, 5) is 11.8. The fraction of sp³-hybridized carbons (Fsp3) is 0.235. The highest BCUT2D eigenvalue weighted by Gasteiger charge is 2.11. The van der Waals surface area contributed by atoms with E-state index < -0.39 is 0 Å². The minimum absolute atomic E-state index is 0.387. The molecule has 110 valence electrons. The maximum absolute atomic E-state index is 11.8. The predicted octanol–water partition coefficient (Wildman–Crippen LogP) is 2.79. The van der Waals surface area contributed by atoms with E-state index in [0.717, 1.165) is 16.7 Å². The number of hydrogen-bond donors (Lipinski definition) is 1. The smallest absolute Gasteiger partial charge is 0.338 e. The third-order valence-corrected chi connectivity index (χ3v) is 3.07. The van der Waals surface area contributed by atoms with E-state index in [-0.39, 0.29) is 5.97 Å². The summed E-state index contributed by atoms with van der Waals surface area (Å²) in [6.45, 7) is 2.85. The number of methoxy groups -OCH3 is 1. The van der Waals surface area contributed by atoms with Gasteiger partial charge < -0.3 is 15.2 Å². The summed E-state index contributed by atoms with van der Waals surface area (Å²) in [5.41, 5.74) is 9.00. The van der Waals surface area contributed by atoms with Crippen molar-refractivity contribution in [1.82, 2.24) is 0 Å². The number of carbonyl (C=O) groups excluding carboxylic acids is 1. The molecule has 2 N–H and O–H groups in total. The molecule has 0 aliphatic heterocycles. The molecule has 0 aliphatic rings. The minimum Gasteiger partial charge on any atom is -0.492 e. The number of esters is 1. The van der Waals surface area contributed by atoms with Crippen molar-refractivity contribution in [1.29, 1.82) is 0 Å². The molecule has 2 aromatic rings. The summed E-state index contributed by atoms with van der Waals surface area (Å²) in [6.07, 6.45) is 0. The molecular weight excluding hydrogens is 266 g/mol. The van der Waals surface area contributed by atoms with Gasteiger partial charge in [-0.3, -0.25) is 0 Å². The van der Waals surface area contributed by atoms with E-state index in [4.69, 9.17) is 15.2 Å². The van der Waals surface area contributed by atoms with Crippen LogP contribution in [0.2, 0.25) is 0 Å². The van der Waals surface area contributed by atoms with Crippen LogP contribution in [0.5, 0.6) is 5.75 Å². The molecule has 0 saturated carbocycles. The zero-order valence-corrected chi connectivity index (χ0v) is 12.3. The first-order valence-corrected chi connectivity index (χ1v) is 6.77. The van der Waals surface area contributed by atoms with Gasteiger partial charge in [-0.2, -0.15) is 0 Å². The normalized spacial score (nSPS) is 10.2. The highest BCUT2D eigenvalue weighted by molar-refractivity contribution is 5.91. The third kappa shape index (κ3) is 3.83. The highest BCUT2D eigenvalue weighted by atomic mass is 16.5. The third-order valence-electron chi connectivity index (χ3n) is 3.07. The lowest BCUT2D eigenvalue weighted by Gasteiger charge is -2.10. The fourth-order valence-electron chi connectivity index (χ4n) is 2.09. The van der Waals surface area contributed by atoms with Crippen LogP contribution in [0.4, 0.5) is 0 Å². The molecule has 0 amide bonds. The number of hydrogen-bond acceptors (Lipinski definition) is 4. The Labute approximate surface area is 124 Å². The standard InChI is InChI=1S/C17H19NO3/c1-12-4-3-5-13(8-12)14-9-15(17(19)20-2)11-16(10-14)21-7-6-18/h3-5,8-11H,6-7,18H2,1-2H3. The van der Waals surface area contributed by atoms with E-state index in [0.29, 0.717) is 24.5 Å². The van der Waals surface area contributed by atoms with E-state index in [1.165, 1.54) is 7.11 Å². The Morgan fingerprint density at radius 2 is 1.95 bits per heavy atom. The first-order valence-electron chi connectivity index (χ1n) is 6.77. The van der Waals surface area contributed by atoms with Gasteiger partial charge in [-0.05, 0) is 36.2 Å². The van der Waals surface area contributed by atoms with Crippen molar-refractivity contribution in [2.24, 2.45) is 5.73 Å². The number of aryl methyl sites for hydroxylation is 1. The summed E-state index contributed by atoms with van der Waals surface area (Å²) in [6, 6.07) is 13.4. The summed E-state index contributed by atoms with van der Waals surface area (Å²) in [7, 11) is 1.36. The molecule has 0 heterocycles. The van der Waals surface area contributed by atoms with E-state index in [1.54, 1.807) is 12.1 Å². The van der Waals surface area contributed by atoms with E-state index in [2.05, 4.69) is 6.07 Å². The molecule has 0 unspecified atom stereocenters. The average molecular weight is 285 g/mol. The van der Waals surface area contributed by atoms with Gasteiger partial charge in [0.05, 0.1) is 12.7 Å². The van der Waals surface area contributed by atoms with Crippen LogP contribution in [-0.4, -0.2) is 26.2 Å². The van der Waals surface area contributed by atoms with Crippen molar-refractivity contribution in [3.05, 3.63) is 53.6 Å². The van der Waals surface area contributed by atoms with E-state index in [9.17, 15) is 4.79 Å². The van der Waals surface area contributed by atoms with Gasteiger partial charge in [0, 0.05) is 6.54 Å². The van der Waals surface area contributed by atoms with Crippen LogP contribution in [-0.2, 0) is 4.74 Å². The number of rotatable bonds is 5. The predicted molar refractivity (Wildman–Crippen MR) is 82.5 cm³/mol. The monoisotopic (exact) mass is 285 g/mol. The van der Waals surface area contributed by atoms with Crippen LogP contribution in [0.25, 0.3) is 11.1 Å². The summed E-state index contributed by atoms with van der Waals surface area (Å²) < 4.78 is 10.3. The quantitative estimate of drug-likeness (QED) is 0.858. The summed E-state index contributed by atoms with van der Waals surface area (Å²) in [5, 5.41) is 0. The number of nitrogens with two attached hydrogens (primary N) is 1. The molecule has 2 rings (SSSR count).